The molecule has 1 aliphatic heterocycles. The second kappa shape index (κ2) is 9.85. The number of carbonyl (C=O) groups is 2. The van der Waals surface area contributed by atoms with Gasteiger partial charge >= 0.3 is 6.03 Å². The molecule has 9 heteroatoms. The van der Waals surface area contributed by atoms with Gasteiger partial charge in [-0.3, -0.25) is 4.79 Å². The molecule has 2 heterocycles. The Labute approximate surface area is 203 Å². The first-order valence-electron chi connectivity index (χ1n) is 11.3. The van der Waals surface area contributed by atoms with Crippen LogP contribution in [0.4, 0.5) is 10.5 Å². The van der Waals surface area contributed by atoms with Crippen LogP contribution in [0.1, 0.15) is 43.4 Å². The summed E-state index contributed by atoms with van der Waals surface area (Å²) in [5.74, 6) is 0.787. The quantitative estimate of drug-likeness (QED) is 0.564. The summed E-state index contributed by atoms with van der Waals surface area (Å²) in [6.45, 7) is 7.96. The Morgan fingerprint density at radius 2 is 1.74 bits per heavy atom. The Hall–Kier alpha value is -3.39. The van der Waals surface area contributed by atoms with Gasteiger partial charge in [-0.2, -0.15) is 4.98 Å². The molecule has 0 radical (unpaired) electrons. The lowest BCUT2D eigenvalue weighted by Crippen LogP contribution is -2.39. The van der Waals surface area contributed by atoms with Gasteiger partial charge in [0, 0.05) is 42.3 Å². The van der Waals surface area contributed by atoms with Gasteiger partial charge in [0.25, 0.3) is 11.8 Å². The molecule has 2 aromatic carbocycles. The highest BCUT2D eigenvalue weighted by Crippen LogP contribution is 2.27. The first kappa shape index (κ1) is 23.8. The number of nitrogens with one attached hydrogen (secondary N) is 1. The van der Waals surface area contributed by atoms with E-state index in [0.29, 0.717) is 66.2 Å². The van der Waals surface area contributed by atoms with E-state index in [4.69, 9.17) is 16.1 Å². The fourth-order valence-electron chi connectivity index (χ4n) is 3.76. The average molecular weight is 482 g/mol. The molecule has 1 fully saturated rings. The van der Waals surface area contributed by atoms with Crippen molar-refractivity contribution in [3.05, 3.63) is 64.9 Å². The summed E-state index contributed by atoms with van der Waals surface area (Å²) in [7, 11) is 0. The first-order valence-corrected chi connectivity index (χ1v) is 11.6. The molecule has 8 nitrogen and oxygen atoms in total. The van der Waals surface area contributed by atoms with Crippen LogP contribution in [0.5, 0.6) is 0 Å². The van der Waals surface area contributed by atoms with Crippen LogP contribution >= 0.6 is 11.6 Å². The molecule has 0 spiro atoms. The molecule has 3 amide bonds. The number of urea groups is 1. The van der Waals surface area contributed by atoms with Gasteiger partial charge < -0.3 is 19.6 Å². The SMILES string of the molecule is CC(C)(C)c1noc(-c2ccccc2C(=O)N2CCCN(C(=O)Nc3cccc(Cl)c3)CC2)n1. The van der Waals surface area contributed by atoms with Crippen LogP contribution in [-0.4, -0.2) is 58.1 Å². The lowest BCUT2D eigenvalue weighted by Gasteiger charge is -2.23. The Morgan fingerprint density at radius 1 is 1.00 bits per heavy atom. The predicted molar refractivity (Wildman–Crippen MR) is 131 cm³/mol. The zero-order valence-corrected chi connectivity index (χ0v) is 20.3. The number of benzene rings is 2. The third-order valence-corrected chi connectivity index (χ3v) is 5.87. The molecule has 1 saturated heterocycles. The molecule has 178 valence electrons. The van der Waals surface area contributed by atoms with Crippen molar-refractivity contribution in [1.82, 2.24) is 19.9 Å². The number of anilines is 1. The lowest BCUT2D eigenvalue weighted by molar-refractivity contribution is 0.0763. The van der Waals surface area contributed by atoms with Gasteiger partial charge in [0.05, 0.1) is 11.1 Å². The first-order chi connectivity index (χ1) is 16.2. The minimum absolute atomic E-state index is 0.122. The fourth-order valence-corrected chi connectivity index (χ4v) is 3.95. The number of hydrogen-bond donors (Lipinski definition) is 1. The number of rotatable bonds is 3. The zero-order valence-electron chi connectivity index (χ0n) is 19.5. The van der Waals surface area contributed by atoms with Crippen molar-refractivity contribution in [2.24, 2.45) is 0 Å². The second-order valence-corrected chi connectivity index (χ2v) is 9.73. The summed E-state index contributed by atoms with van der Waals surface area (Å²) < 4.78 is 5.49. The molecule has 0 bridgehead atoms. The summed E-state index contributed by atoms with van der Waals surface area (Å²) in [6, 6.07) is 14.1. The van der Waals surface area contributed by atoms with Crippen molar-refractivity contribution >= 4 is 29.2 Å². The van der Waals surface area contributed by atoms with Crippen LogP contribution in [0.15, 0.2) is 53.1 Å². The molecule has 3 aromatic rings. The van der Waals surface area contributed by atoms with E-state index in [9.17, 15) is 9.59 Å². The van der Waals surface area contributed by atoms with E-state index in [-0.39, 0.29) is 17.4 Å². The maximum atomic E-state index is 13.5. The number of halogens is 1. The van der Waals surface area contributed by atoms with Gasteiger partial charge in [-0.15, -0.1) is 0 Å². The van der Waals surface area contributed by atoms with Gasteiger partial charge in [-0.25, -0.2) is 4.79 Å². The maximum Gasteiger partial charge on any atom is 0.321 e. The Bertz CT molecular complexity index is 1190. The highest BCUT2D eigenvalue weighted by molar-refractivity contribution is 6.30. The largest absolute Gasteiger partial charge is 0.337 e. The van der Waals surface area contributed by atoms with Gasteiger partial charge in [-0.1, -0.05) is 55.7 Å². The molecule has 4 rings (SSSR count). The number of hydrogen-bond acceptors (Lipinski definition) is 5. The standard InChI is InChI=1S/C25H28ClN5O3/c1-25(2,3)23-28-21(34-29-23)19-10-4-5-11-20(19)22(32)30-12-7-13-31(15-14-30)24(33)27-18-9-6-8-17(26)16-18/h4-6,8-11,16H,7,12-15H2,1-3H3,(H,27,33). The minimum atomic E-state index is -0.263. The molecule has 0 aliphatic carbocycles. The number of amides is 3. The summed E-state index contributed by atoms with van der Waals surface area (Å²) in [4.78, 5) is 34.2. The Balaban J connectivity index is 1.46. The predicted octanol–water partition coefficient (Wildman–Crippen LogP) is 5.07. The van der Waals surface area contributed by atoms with E-state index >= 15 is 0 Å². The minimum Gasteiger partial charge on any atom is -0.337 e. The summed E-state index contributed by atoms with van der Waals surface area (Å²) >= 11 is 6.01. The van der Waals surface area contributed by atoms with Crippen molar-refractivity contribution in [3.63, 3.8) is 0 Å². The van der Waals surface area contributed by atoms with E-state index in [2.05, 4.69) is 15.5 Å². The third-order valence-electron chi connectivity index (χ3n) is 5.63. The molecule has 1 aliphatic rings. The van der Waals surface area contributed by atoms with Crippen LogP contribution in [0.2, 0.25) is 5.02 Å². The van der Waals surface area contributed by atoms with E-state index in [0.717, 1.165) is 0 Å². The van der Waals surface area contributed by atoms with Crippen molar-refractivity contribution in [3.8, 4) is 11.5 Å². The fraction of sp³-hybridized carbons (Fsp3) is 0.360. The lowest BCUT2D eigenvalue weighted by atomic mass is 9.96. The van der Waals surface area contributed by atoms with E-state index in [1.165, 1.54) is 0 Å². The van der Waals surface area contributed by atoms with Crippen molar-refractivity contribution in [1.29, 1.82) is 0 Å². The second-order valence-electron chi connectivity index (χ2n) is 9.29. The van der Waals surface area contributed by atoms with Crippen LogP contribution in [0.25, 0.3) is 11.5 Å². The average Bonchev–Trinajstić information content (AvgIpc) is 3.18. The Kier molecular flexibility index (Phi) is 6.88. The summed E-state index contributed by atoms with van der Waals surface area (Å²) in [6.07, 6.45) is 0.672. The van der Waals surface area contributed by atoms with Crippen molar-refractivity contribution < 1.29 is 14.1 Å². The smallest absolute Gasteiger partial charge is 0.321 e. The monoisotopic (exact) mass is 481 g/mol. The van der Waals surface area contributed by atoms with Crippen LogP contribution in [0, 0.1) is 0 Å². The molecule has 1 N–H and O–H groups in total. The van der Waals surface area contributed by atoms with Crippen LogP contribution in [0.3, 0.4) is 0 Å². The van der Waals surface area contributed by atoms with Crippen molar-refractivity contribution in [2.75, 3.05) is 31.5 Å². The van der Waals surface area contributed by atoms with Crippen LogP contribution in [-0.2, 0) is 5.41 Å². The molecular formula is C25H28ClN5O3. The van der Waals surface area contributed by atoms with Gasteiger partial charge in [-0.05, 0) is 36.8 Å². The van der Waals surface area contributed by atoms with E-state index < -0.39 is 0 Å². The number of carbonyl (C=O) groups excluding carboxylic acids is 2. The highest BCUT2D eigenvalue weighted by atomic mass is 35.5. The molecule has 34 heavy (non-hydrogen) atoms. The molecule has 1 aromatic heterocycles. The number of nitrogens with zero attached hydrogens (tertiary/aromatic N) is 4. The molecule has 0 atom stereocenters. The number of aromatic nitrogens is 2. The third kappa shape index (κ3) is 5.39. The van der Waals surface area contributed by atoms with Crippen LogP contribution < -0.4 is 5.32 Å². The van der Waals surface area contributed by atoms with E-state index in [1.807, 2.05) is 39.0 Å². The van der Waals surface area contributed by atoms with Gasteiger partial charge in [0.1, 0.15) is 0 Å². The maximum absolute atomic E-state index is 13.5. The van der Waals surface area contributed by atoms with Gasteiger partial charge in [0.2, 0.25) is 0 Å². The van der Waals surface area contributed by atoms with E-state index in [1.54, 1.807) is 40.1 Å². The molecule has 0 saturated carbocycles. The van der Waals surface area contributed by atoms with Gasteiger partial charge in [0.15, 0.2) is 5.82 Å². The molecular weight excluding hydrogens is 454 g/mol. The topological polar surface area (TPSA) is 91.6 Å². The summed E-state index contributed by atoms with van der Waals surface area (Å²) in [5, 5.41) is 7.52. The normalized spacial score (nSPS) is 14.6. The van der Waals surface area contributed by atoms with Crippen molar-refractivity contribution in [2.45, 2.75) is 32.6 Å². The zero-order chi connectivity index (χ0) is 24.3. The molecule has 0 unspecified atom stereocenters. The summed E-state index contributed by atoms with van der Waals surface area (Å²) in [5.41, 5.74) is 1.48. The highest BCUT2D eigenvalue weighted by Gasteiger charge is 2.27. The Morgan fingerprint density at radius 3 is 2.47 bits per heavy atom.